The smallest absolute Gasteiger partial charge is 0.240 e. The minimum Gasteiger partial charge on any atom is -0.326 e. The highest BCUT2D eigenvalue weighted by molar-refractivity contribution is 7.98. The van der Waals surface area contributed by atoms with Crippen molar-refractivity contribution >= 4 is 35.5 Å². The van der Waals surface area contributed by atoms with Gasteiger partial charge in [0.1, 0.15) is 5.82 Å². The zero-order valence-electron chi connectivity index (χ0n) is 13.7. The molecule has 2 aromatic rings. The van der Waals surface area contributed by atoms with Crippen molar-refractivity contribution in [2.24, 2.45) is 5.10 Å². The number of hydrogen-bond acceptors (Lipinski definition) is 4. The van der Waals surface area contributed by atoms with Gasteiger partial charge in [-0.05, 0) is 48.2 Å². The van der Waals surface area contributed by atoms with E-state index < -0.39 is 0 Å². The zero-order chi connectivity index (χ0) is 18.1. The average molecular weight is 359 g/mol. The summed E-state index contributed by atoms with van der Waals surface area (Å²) >= 11 is 1.65. The predicted octanol–water partition coefficient (Wildman–Crippen LogP) is 3.42. The summed E-state index contributed by atoms with van der Waals surface area (Å²) in [6.45, 7) is 0. The van der Waals surface area contributed by atoms with E-state index in [0.29, 0.717) is 5.69 Å². The number of carbonyl (C=O) groups is 2. The molecular weight excluding hydrogens is 341 g/mol. The van der Waals surface area contributed by atoms with Crippen molar-refractivity contribution in [2.75, 3.05) is 11.6 Å². The molecule has 5 nitrogen and oxygen atoms in total. The van der Waals surface area contributed by atoms with Crippen molar-refractivity contribution in [1.82, 2.24) is 5.43 Å². The normalized spacial score (nSPS) is 10.6. The van der Waals surface area contributed by atoms with E-state index in [1.165, 1.54) is 24.3 Å². The molecule has 0 atom stereocenters. The van der Waals surface area contributed by atoms with Gasteiger partial charge in [-0.15, -0.1) is 11.8 Å². The van der Waals surface area contributed by atoms with Gasteiger partial charge in [-0.1, -0.05) is 12.1 Å². The van der Waals surface area contributed by atoms with E-state index >= 15 is 0 Å². The van der Waals surface area contributed by atoms with Gasteiger partial charge in [0.05, 0.1) is 6.21 Å². The van der Waals surface area contributed by atoms with E-state index in [2.05, 4.69) is 15.8 Å². The largest absolute Gasteiger partial charge is 0.326 e. The highest BCUT2D eigenvalue weighted by atomic mass is 32.2. The number of amides is 2. The monoisotopic (exact) mass is 359 g/mol. The van der Waals surface area contributed by atoms with E-state index in [1.54, 1.807) is 18.0 Å². The van der Waals surface area contributed by atoms with E-state index in [9.17, 15) is 14.0 Å². The average Bonchev–Trinajstić information content (AvgIpc) is 2.62. The zero-order valence-corrected chi connectivity index (χ0v) is 14.5. The highest BCUT2D eigenvalue weighted by Gasteiger charge is 2.06. The minimum absolute atomic E-state index is 0.00970. The van der Waals surface area contributed by atoms with Gasteiger partial charge in [-0.3, -0.25) is 9.59 Å². The van der Waals surface area contributed by atoms with Gasteiger partial charge in [0, 0.05) is 23.4 Å². The van der Waals surface area contributed by atoms with Crippen molar-refractivity contribution in [3.63, 3.8) is 0 Å². The Kier molecular flexibility index (Phi) is 7.16. The van der Waals surface area contributed by atoms with Crippen molar-refractivity contribution in [3.05, 3.63) is 59.9 Å². The third-order valence-electron chi connectivity index (χ3n) is 3.23. The molecule has 0 aromatic heterocycles. The summed E-state index contributed by atoms with van der Waals surface area (Å²) < 4.78 is 12.8. The van der Waals surface area contributed by atoms with Gasteiger partial charge in [0.2, 0.25) is 11.8 Å². The number of benzene rings is 2. The lowest BCUT2D eigenvalue weighted by atomic mass is 10.2. The van der Waals surface area contributed by atoms with Crippen LogP contribution >= 0.6 is 11.8 Å². The number of halogens is 1. The van der Waals surface area contributed by atoms with Crippen LogP contribution in [0.4, 0.5) is 10.1 Å². The van der Waals surface area contributed by atoms with Gasteiger partial charge in [-0.2, -0.15) is 5.10 Å². The molecule has 0 unspecified atom stereocenters. The summed E-state index contributed by atoms with van der Waals surface area (Å²) in [7, 11) is 0. The summed E-state index contributed by atoms with van der Waals surface area (Å²) in [4.78, 5) is 24.6. The van der Waals surface area contributed by atoms with Crippen molar-refractivity contribution in [3.8, 4) is 0 Å². The molecule has 0 spiro atoms. The van der Waals surface area contributed by atoms with E-state index in [1.807, 2.05) is 30.5 Å². The lowest BCUT2D eigenvalue weighted by Crippen LogP contribution is -2.20. The molecule has 2 N–H and O–H groups in total. The van der Waals surface area contributed by atoms with E-state index in [4.69, 9.17) is 0 Å². The number of hydrogen-bond donors (Lipinski definition) is 2. The first-order valence-electron chi connectivity index (χ1n) is 7.58. The number of thioether (sulfide) groups is 1. The van der Waals surface area contributed by atoms with Crippen LogP contribution in [-0.2, 0) is 9.59 Å². The molecule has 0 aliphatic carbocycles. The molecule has 7 heteroatoms. The molecular formula is C18H18FN3O2S. The standard InChI is InChI=1S/C18H18FN3O2S/c1-25-16-8-2-13(3-9-16)12-20-22-18(24)11-10-17(23)21-15-6-4-14(19)5-7-15/h2-9,12H,10-11H2,1H3,(H,21,23)(H,22,24). The topological polar surface area (TPSA) is 70.6 Å². The van der Waals surface area contributed by atoms with Crippen LogP contribution in [0.2, 0.25) is 0 Å². The number of rotatable bonds is 7. The van der Waals surface area contributed by atoms with Crippen LogP contribution in [0.1, 0.15) is 18.4 Å². The first-order chi connectivity index (χ1) is 12.1. The lowest BCUT2D eigenvalue weighted by Gasteiger charge is -2.04. The first-order valence-corrected chi connectivity index (χ1v) is 8.80. The second-order valence-electron chi connectivity index (χ2n) is 5.12. The maximum absolute atomic E-state index is 12.8. The second kappa shape index (κ2) is 9.58. The van der Waals surface area contributed by atoms with Crippen LogP contribution in [0.3, 0.4) is 0 Å². The van der Waals surface area contributed by atoms with Crippen molar-refractivity contribution in [1.29, 1.82) is 0 Å². The van der Waals surface area contributed by atoms with Gasteiger partial charge in [0.25, 0.3) is 0 Å². The molecule has 0 aliphatic heterocycles. The van der Waals surface area contributed by atoms with Crippen LogP contribution in [0.5, 0.6) is 0 Å². The maximum Gasteiger partial charge on any atom is 0.240 e. The molecule has 2 aromatic carbocycles. The van der Waals surface area contributed by atoms with E-state index in [0.717, 1.165) is 10.5 Å². The molecule has 2 amide bonds. The van der Waals surface area contributed by atoms with Gasteiger partial charge in [0.15, 0.2) is 0 Å². The number of nitrogens with zero attached hydrogens (tertiary/aromatic N) is 1. The Balaban J connectivity index is 1.71. The van der Waals surface area contributed by atoms with Gasteiger partial charge in [-0.25, -0.2) is 9.82 Å². The molecule has 0 bridgehead atoms. The summed E-state index contributed by atoms with van der Waals surface area (Å²) in [5.74, 6) is -1.05. The Morgan fingerprint density at radius 2 is 1.68 bits per heavy atom. The third-order valence-corrected chi connectivity index (χ3v) is 3.97. The Hall–Kier alpha value is -2.67. The quantitative estimate of drug-likeness (QED) is 0.452. The SMILES string of the molecule is CSc1ccc(C=NNC(=O)CCC(=O)Nc2ccc(F)cc2)cc1. The molecule has 2 rings (SSSR count). The second-order valence-corrected chi connectivity index (χ2v) is 6.00. The van der Waals surface area contributed by atoms with E-state index in [-0.39, 0.29) is 30.5 Å². The number of nitrogens with one attached hydrogen (secondary N) is 2. The summed E-state index contributed by atoms with van der Waals surface area (Å²) in [6, 6.07) is 13.2. The predicted molar refractivity (Wildman–Crippen MR) is 98.2 cm³/mol. The Morgan fingerprint density at radius 1 is 1.04 bits per heavy atom. The fourth-order valence-electron chi connectivity index (χ4n) is 1.91. The van der Waals surface area contributed by atoms with Crippen LogP contribution in [0.15, 0.2) is 58.5 Å². The van der Waals surface area contributed by atoms with Crippen molar-refractivity contribution in [2.45, 2.75) is 17.7 Å². The molecule has 0 aliphatic rings. The van der Waals surface area contributed by atoms with Gasteiger partial charge >= 0.3 is 0 Å². The lowest BCUT2D eigenvalue weighted by molar-refractivity contribution is -0.124. The molecule has 0 heterocycles. The van der Waals surface area contributed by atoms with Crippen LogP contribution < -0.4 is 10.7 Å². The molecule has 130 valence electrons. The van der Waals surface area contributed by atoms with Crippen LogP contribution in [0.25, 0.3) is 0 Å². The van der Waals surface area contributed by atoms with Crippen LogP contribution in [0, 0.1) is 5.82 Å². The molecule has 0 saturated heterocycles. The minimum atomic E-state index is -0.377. The maximum atomic E-state index is 12.8. The number of carbonyl (C=O) groups excluding carboxylic acids is 2. The fourth-order valence-corrected chi connectivity index (χ4v) is 2.32. The Bertz CT molecular complexity index is 746. The van der Waals surface area contributed by atoms with Crippen molar-refractivity contribution < 1.29 is 14.0 Å². The molecule has 25 heavy (non-hydrogen) atoms. The molecule has 0 fully saturated rings. The summed E-state index contributed by atoms with van der Waals surface area (Å²) in [5.41, 5.74) is 3.73. The molecule has 0 radical (unpaired) electrons. The number of hydrazone groups is 1. The summed E-state index contributed by atoms with van der Waals surface area (Å²) in [6.07, 6.45) is 3.56. The van der Waals surface area contributed by atoms with Gasteiger partial charge < -0.3 is 5.32 Å². The Labute approximate surface area is 149 Å². The Morgan fingerprint density at radius 3 is 2.32 bits per heavy atom. The fraction of sp³-hybridized carbons (Fsp3) is 0.167. The van der Waals surface area contributed by atoms with Crippen LogP contribution in [-0.4, -0.2) is 24.3 Å². The third kappa shape index (κ3) is 6.76. The number of anilines is 1. The summed E-state index contributed by atoms with van der Waals surface area (Å²) in [5, 5.41) is 6.46. The highest BCUT2D eigenvalue weighted by Crippen LogP contribution is 2.13. The first kappa shape index (κ1) is 18.7. The molecule has 0 saturated carbocycles.